The lowest BCUT2D eigenvalue weighted by atomic mass is 9.94. The molecule has 0 aromatic heterocycles. The highest BCUT2D eigenvalue weighted by molar-refractivity contribution is 5.94. The lowest BCUT2D eigenvalue weighted by Gasteiger charge is -2.27. The number of ether oxygens (including phenoxy) is 2. The molecule has 0 saturated heterocycles. The molecular formula is C20H24N2O3. The van der Waals surface area contributed by atoms with Gasteiger partial charge >= 0.3 is 0 Å². The lowest BCUT2D eigenvalue weighted by Crippen LogP contribution is -2.38. The lowest BCUT2D eigenvalue weighted by molar-refractivity contribution is 0.0949. The Labute approximate surface area is 148 Å². The molecule has 0 spiro atoms. The number of rotatable bonds is 7. The molecule has 1 aliphatic heterocycles. The van der Waals surface area contributed by atoms with Gasteiger partial charge in [-0.1, -0.05) is 24.3 Å². The van der Waals surface area contributed by atoms with Crippen molar-refractivity contribution in [2.75, 3.05) is 33.4 Å². The topological polar surface area (TPSA) is 59.6 Å². The monoisotopic (exact) mass is 340 g/mol. The van der Waals surface area contributed by atoms with Gasteiger partial charge in [0.05, 0.1) is 6.61 Å². The van der Waals surface area contributed by atoms with Crippen LogP contribution in [0.5, 0.6) is 5.75 Å². The number of hydrogen-bond acceptors (Lipinski definition) is 4. The van der Waals surface area contributed by atoms with Gasteiger partial charge in [0.2, 0.25) is 0 Å². The first-order valence-electron chi connectivity index (χ1n) is 8.59. The van der Waals surface area contributed by atoms with E-state index in [1.807, 2.05) is 6.07 Å². The summed E-state index contributed by atoms with van der Waals surface area (Å²) in [4.78, 5) is 12.4. The van der Waals surface area contributed by atoms with Gasteiger partial charge in [0.15, 0.2) is 0 Å². The second kappa shape index (κ2) is 8.65. The molecule has 3 rings (SSSR count). The van der Waals surface area contributed by atoms with Crippen LogP contribution in [0.4, 0.5) is 0 Å². The molecule has 1 heterocycles. The number of benzene rings is 2. The number of nitrogens with one attached hydrogen (secondary N) is 2. The Morgan fingerprint density at radius 1 is 1.16 bits per heavy atom. The minimum atomic E-state index is -0.0757. The number of hydrogen-bond donors (Lipinski definition) is 2. The molecule has 2 aromatic rings. The van der Waals surface area contributed by atoms with Crippen molar-refractivity contribution in [1.29, 1.82) is 0 Å². The van der Waals surface area contributed by atoms with Crippen LogP contribution in [0, 0.1) is 0 Å². The van der Waals surface area contributed by atoms with Gasteiger partial charge in [-0.3, -0.25) is 4.79 Å². The molecule has 0 saturated carbocycles. The van der Waals surface area contributed by atoms with Crippen molar-refractivity contribution in [3.63, 3.8) is 0 Å². The SMILES string of the molecule is COCCOc1ccc(C(=O)NCC2NCCc3ccccc32)cc1. The molecule has 0 aliphatic carbocycles. The van der Waals surface area contributed by atoms with Crippen LogP contribution in [0.15, 0.2) is 48.5 Å². The summed E-state index contributed by atoms with van der Waals surface area (Å²) < 4.78 is 10.5. The third-order valence-electron chi connectivity index (χ3n) is 4.36. The summed E-state index contributed by atoms with van der Waals surface area (Å²) >= 11 is 0. The highest BCUT2D eigenvalue weighted by Crippen LogP contribution is 2.22. The number of carbonyl (C=O) groups is 1. The molecule has 2 aromatic carbocycles. The van der Waals surface area contributed by atoms with Gasteiger partial charge in [-0.2, -0.15) is 0 Å². The molecule has 0 radical (unpaired) electrons. The van der Waals surface area contributed by atoms with Gasteiger partial charge in [0.1, 0.15) is 12.4 Å². The Morgan fingerprint density at radius 2 is 1.96 bits per heavy atom. The summed E-state index contributed by atoms with van der Waals surface area (Å²) in [5.41, 5.74) is 3.26. The van der Waals surface area contributed by atoms with Crippen molar-refractivity contribution in [1.82, 2.24) is 10.6 Å². The Hall–Kier alpha value is -2.37. The van der Waals surface area contributed by atoms with Crippen LogP contribution in [-0.4, -0.2) is 39.3 Å². The van der Waals surface area contributed by atoms with Gasteiger partial charge in [-0.25, -0.2) is 0 Å². The van der Waals surface area contributed by atoms with E-state index < -0.39 is 0 Å². The molecule has 25 heavy (non-hydrogen) atoms. The van der Waals surface area contributed by atoms with Gasteiger partial charge in [-0.15, -0.1) is 0 Å². The predicted octanol–water partition coefficient (Wildman–Crippen LogP) is 2.33. The molecule has 0 bridgehead atoms. The number of carbonyl (C=O) groups excluding carboxylic acids is 1. The molecule has 1 aliphatic rings. The fourth-order valence-corrected chi connectivity index (χ4v) is 3.02. The average Bonchev–Trinajstić information content (AvgIpc) is 2.67. The summed E-state index contributed by atoms with van der Waals surface area (Å²) in [5, 5.41) is 6.49. The Morgan fingerprint density at radius 3 is 2.76 bits per heavy atom. The van der Waals surface area contributed by atoms with E-state index in [-0.39, 0.29) is 11.9 Å². The molecule has 1 amide bonds. The quantitative estimate of drug-likeness (QED) is 0.760. The third-order valence-corrected chi connectivity index (χ3v) is 4.36. The molecule has 132 valence electrons. The summed E-state index contributed by atoms with van der Waals surface area (Å²) in [7, 11) is 1.64. The van der Waals surface area contributed by atoms with Gasteiger partial charge < -0.3 is 20.1 Å². The maximum Gasteiger partial charge on any atom is 0.251 e. The van der Waals surface area contributed by atoms with E-state index in [0.29, 0.717) is 25.3 Å². The van der Waals surface area contributed by atoms with E-state index in [1.54, 1.807) is 31.4 Å². The van der Waals surface area contributed by atoms with Crippen LogP contribution in [0.25, 0.3) is 0 Å². The summed E-state index contributed by atoms with van der Waals surface area (Å²) in [6.45, 7) is 2.54. The van der Waals surface area contributed by atoms with Crippen molar-refractivity contribution in [2.45, 2.75) is 12.5 Å². The van der Waals surface area contributed by atoms with Gasteiger partial charge in [0.25, 0.3) is 5.91 Å². The molecule has 1 atom stereocenters. The second-order valence-electron chi connectivity index (χ2n) is 6.03. The number of fused-ring (bicyclic) bond motifs is 1. The Balaban J connectivity index is 1.54. The van der Waals surface area contributed by atoms with E-state index in [0.717, 1.165) is 18.7 Å². The minimum absolute atomic E-state index is 0.0757. The molecule has 5 nitrogen and oxygen atoms in total. The highest BCUT2D eigenvalue weighted by atomic mass is 16.5. The molecule has 1 unspecified atom stereocenters. The van der Waals surface area contributed by atoms with Crippen molar-refractivity contribution in [3.8, 4) is 5.75 Å². The van der Waals surface area contributed by atoms with E-state index >= 15 is 0 Å². The van der Waals surface area contributed by atoms with Gasteiger partial charge in [-0.05, 0) is 48.4 Å². The highest BCUT2D eigenvalue weighted by Gasteiger charge is 2.19. The molecular weight excluding hydrogens is 316 g/mol. The van der Waals surface area contributed by atoms with Gasteiger partial charge in [0, 0.05) is 25.3 Å². The second-order valence-corrected chi connectivity index (χ2v) is 6.03. The smallest absolute Gasteiger partial charge is 0.251 e. The normalized spacial score (nSPS) is 16.1. The fraction of sp³-hybridized carbons (Fsp3) is 0.350. The first kappa shape index (κ1) is 17.5. The van der Waals surface area contributed by atoms with Crippen LogP contribution in [0.2, 0.25) is 0 Å². The van der Waals surface area contributed by atoms with Crippen LogP contribution in [-0.2, 0) is 11.2 Å². The first-order valence-corrected chi connectivity index (χ1v) is 8.59. The molecule has 2 N–H and O–H groups in total. The van der Waals surface area contributed by atoms with Crippen LogP contribution >= 0.6 is 0 Å². The van der Waals surface area contributed by atoms with Crippen LogP contribution in [0.3, 0.4) is 0 Å². The average molecular weight is 340 g/mol. The van der Waals surface area contributed by atoms with E-state index in [9.17, 15) is 4.79 Å². The summed E-state index contributed by atoms with van der Waals surface area (Å²) in [6.07, 6.45) is 1.03. The summed E-state index contributed by atoms with van der Waals surface area (Å²) in [6, 6.07) is 15.7. The minimum Gasteiger partial charge on any atom is -0.491 e. The number of amides is 1. The zero-order chi connectivity index (χ0) is 17.5. The maximum absolute atomic E-state index is 12.4. The van der Waals surface area contributed by atoms with Crippen LogP contribution < -0.4 is 15.4 Å². The molecule has 5 heteroatoms. The maximum atomic E-state index is 12.4. The largest absolute Gasteiger partial charge is 0.491 e. The van der Waals surface area contributed by atoms with E-state index in [4.69, 9.17) is 9.47 Å². The fourth-order valence-electron chi connectivity index (χ4n) is 3.02. The molecule has 0 fully saturated rings. The zero-order valence-electron chi connectivity index (χ0n) is 14.5. The number of methoxy groups -OCH3 is 1. The van der Waals surface area contributed by atoms with Crippen molar-refractivity contribution in [2.24, 2.45) is 0 Å². The van der Waals surface area contributed by atoms with Crippen molar-refractivity contribution < 1.29 is 14.3 Å². The zero-order valence-corrected chi connectivity index (χ0v) is 14.5. The van der Waals surface area contributed by atoms with Crippen molar-refractivity contribution in [3.05, 3.63) is 65.2 Å². The van der Waals surface area contributed by atoms with Crippen molar-refractivity contribution >= 4 is 5.91 Å². The Kier molecular flexibility index (Phi) is 6.04. The predicted molar refractivity (Wildman–Crippen MR) is 97.0 cm³/mol. The summed E-state index contributed by atoms with van der Waals surface area (Å²) in [5.74, 6) is 0.657. The van der Waals surface area contributed by atoms with Crippen LogP contribution in [0.1, 0.15) is 27.5 Å². The third kappa shape index (κ3) is 4.59. The Bertz CT molecular complexity index is 700. The first-order chi connectivity index (χ1) is 12.3. The van der Waals surface area contributed by atoms with E-state index in [1.165, 1.54) is 11.1 Å². The van der Waals surface area contributed by atoms with E-state index in [2.05, 4.69) is 28.8 Å². The standard InChI is InChI=1S/C20H24N2O3/c1-24-12-13-25-17-8-6-16(7-9-17)20(23)22-14-19-18-5-3-2-4-15(18)10-11-21-19/h2-9,19,21H,10-14H2,1H3,(H,22,23).